The molecule has 2 aliphatic rings. The Morgan fingerprint density at radius 2 is 1.61 bits per heavy atom. The molecule has 33 heavy (non-hydrogen) atoms. The first-order valence-electron chi connectivity index (χ1n) is 12.5. The number of aryl methyl sites for hydroxylation is 2. The summed E-state index contributed by atoms with van der Waals surface area (Å²) in [5.41, 5.74) is 3.98. The van der Waals surface area contributed by atoms with Gasteiger partial charge in [-0.1, -0.05) is 49.6 Å². The predicted molar refractivity (Wildman–Crippen MR) is 134 cm³/mol. The van der Waals surface area contributed by atoms with E-state index in [1.165, 1.54) is 32.1 Å². The second kappa shape index (κ2) is 10.7. The fourth-order valence-electron chi connectivity index (χ4n) is 5.48. The molecule has 2 fully saturated rings. The number of ether oxygens (including phenoxy) is 1. The minimum absolute atomic E-state index is 0.0230. The molecule has 4 rings (SSSR count). The standard InChI is InChI=1S/C28H39N3O2/c1-22-18-25(19-23(2)26(22)33-20-24-10-6-4-7-11-24)27(32)29-21-28(12-8-5-9-13-28)31-16-14-30(3)15-17-31/h4,6-7,10-11,18-19H,5,8-9,12-17,20-21H2,1-3H3,(H,29,32). The summed E-state index contributed by atoms with van der Waals surface area (Å²) >= 11 is 0. The number of hydrogen-bond donors (Lipinski definition) is 1. The van der Waals surface area contributed by atoms with Crippen LogP contribution in [0.4, 0.5) is 0 Å². The summed E-state index contributed by atoms with van der Waals surface area (Å²) in [6.45, 7) is 9.72. The normalized spacial score (nSPS) is 19.2. The number of nitrogens with zero attached hydrogens (tertiary/aromatic N) is 2. The maximum absolute atomic E-state index is 13.2. The molecule has 0 unspecified atom stereocenters. The zero-order chi connectivity index (χ0) is 23.3. The van der Waals surface area contributed by atoms with Gasteiger partial charge in [-0.3, -0.25) is 9.69 Å². The molecule has 1 aliphatic carbocycles. The summed E-state index contributed by atoms with van der Waals surface area (Å²) in [5, 5.41) is 3.31. The molecule has 1 N–H and O–H groups in total. The van der Waals surface area contributed by atoms with Crippen LogP contribution in [-0.4, -0.2) is 61.0 Å². The molecule has 0 bridgehead atoms. The van der Waals surface area contributed by atoms with Crippen LogP contribution < -0.4 is 10.1 Å². The van der Waals surface area contributed by atoms with Crippen LogP contribution in [0.5, 0.6) is 5.75 Å². The minimum Gasteiger partial charge on any atom is -0.488 e. The number of nitrogens with one attached hydrogen (secondary N) is 1. The molecule has 1 amide bonds. The molecule has 0 atom stereocenters. The Hall–Kier alpha value is -2.37. The number of hydrogen-bond acceptors (Lipinski definition) is 4. The maximum atomic E-state index is 13.2. The summed E-state index contributed by atoms with van der Waals surface area (Å²) in [4.78, 5) is 18.2. The highest BCUT2D eigenvalue weighted by atomic mass is 16.5. The van der Waals surface area contributed by atoms with Gasteiger partial charge in [0.1, 0.15) is 12.4 Å². The van der Waals surface area contributed by atoms with E-state index in [0.717, 1.165) is 60.7 Å². The Balaban J connectivity index is 1.41. The highest BCUT2D eigenvalue weighted by Gasteiger charge is 2.39. The van der Waals surface area contributed by atoms with Gasteiger partial charge < -0.3 is 15.0 Å². The summed E-state index contributed by atoms with van der Waals surface area (Å²) < 4.78 is 6.11. The van der Waals surface area contributed by atoms with Crippen molar-refractivity contribution in [1.82, 2.24) is 15.1 Å². The van der Waals surface area contributed by atoms with Gasteiger partial charge in [0.15, 0.2) is 0 Å². The van der Waals surface area contributed by atoms with Crippen LogP contribution in [0.25, 0.3) is 0 Å². The van der Waals surface area contributed by atoms with Crippen molar-refractivity contribution in [1.29, 1.82) is 0 Å². The van der Waals surface area contributed by atoms with Gasteiger partial charge in [-0.25, -0.2) is 0 Å². The largest absolute Gasteiger partial charge is 0.488 e. The lowest BCUT2D eigenvalue weighted by atomic mass is 9.79. The first-order chi connectivity index (χ1) is 16.0. The topological polar surface area (TPSA) is 44.8 Å². The lowest BCUT2D eigenvalue weighted by Gasteiger charge is -2.49. The lowest BCUT2D eigenvalue weighted by Crippen LogP contribution is -2.61. The van der Waals surface area contributed by atoms with Crippen LogP contribution in [0.1, 0.15) is 59.2 Å². The van der Waals surface area contributed by atoms with Gasteiger partial charge in [-0.2, -0.15) is 0 Å². The number of rotatable bonds is 7. The zero-order valence-corrected chi connectivity index (χ0v) is 20.5. The van der Waals surface area contributed by atoms with Gasteiger partial charge in [0.05, 0.1) is 0 Å². The molecule has 2 aromatic carbocycles. The van der Waals surface area contributed by atoms with E-state index in [9.17, 15) is 4.79 Å². The number of carbonyl (C=O) groups is 1. The zero-order valence-electron chi connectivity index (χ0n) is 20.5. The minimum atomic E-state index is 0.0230. The van der Waals surface area contributed by atoms with E-state index in [2.05, 4.69) is 34.3 Å². The summed E-state index contributed by atoms with van der Waals surface area (Å²) in [6, 6.07) is 14.1. The fraction of sp³-hybridized carbons (Fsp3) is 0.536. The predicted octanol–water partition coefficient (Wildman–Crippen LogP) is 4.56. The molecule has 0 spiro atoms. The van der Waals surface area contributed by atoms with Gasteiger partial charge >= 0.3 is 0 Å². The molecule has 2 aromatic rings. The van der Waals surface area contributed by atoms with E-state index in [1.54, 1.807) is 0 Å². The first-order valence-corrected chi connectivity index (χ1v) is 12.5. The van der Waals surface area contributed by atoms with Crippen molar-refractivity contribution in [3.8, 4) is 5.75 Å². The summed E-state index contributed by atoms with van der Waals surface area (Å²) in [6.07, 6.45) is 6.19. The SMILES string of the molecule is Cc1cc(C(=O)NCC2(N3CCN(C)CC3)CCCCC2)cc(C)c1OCc1ccccc1. The third-order valence-electron chi connectivity index (χ3n) is 7.48. The van der Waals surface area contributed by atoms with Gasteiger partial charge in [0.2, 0.25) is 0 Å². The van der Waals surface area contributed by atoms with Crippen molar-refractivity contribution < 1.29 is 9.53 Å². The van der Waals surface area contributed by atoms with Crippen molar-refractivity contribution in [3.63, 3.8) is 0 Å². The molecule has 0 radical (unpaired) electrons. The van der Waals surface area contributed by atoms with E-state index in [-0.39, 0.29) is 11.4 Å². The monoisotopic (exact) mass is 449 g/mol. The summed E-state index contributed by atoms with van der Waals surface area (Å²) in [5.74, 6) is 0.895. The van der Waals surface area contributed by atoms with Crippen LogP contribution in [-0.2, 0) is 6.61 Å². The third-order valence-corrected chi connectivity index (χ3v) is 7.48. The number of carbonyl (C=O) groups excluding carboxylic acids is 1. The Bertz CT molecular complexity index is 906. The lowest BCUT2D eigenvalue weighted by molar-refractivity contribution is 0.0138. The Kier molecular flexibility index (Phi) is 7.71. The van der Waals surface area contributed by atoms with E-state index in [1.807, 2.05) is 44.2 Å². The Morgan fingerprint density at radius 1 is 0.970 bits per heavy atom. The molecule has 1 heterocycles. The van der Waals surface area contributed by atoms with Crippen molar-refractivity contribution in [2.24, 2.45) is 0 Å². The quantitative estimate of drug-likeness (QED) is 0.673. The molecule has 5 nitrogen and oxygen atoms in total. The molecule has 5 heteroatoms. The first kappa shape index (κ1) is 23.8. The second-order valence-corrected chi connectivity index (χ2v) is 9.97. The van der Waals surface area contributed by atoms with Gasteiger partial charge in [-0.05, 0) is 62.6 Å². The molecular formula is C28H39N3O2. The van der Waals surface area contributed by atoms with Gasteiger partial charge in [0, 0.05) is 43.8 Å². The average molecular weight is 450 g/mol. The number of amides is 1. The molecule has 0 aromatic heterocycles. The van der Waals surface area contributed by atoms with Gasteiger partial charge in [0.25, 0.3) is 5.91 Å². The van der Waals surface area contributed by atoms with Crippen LogP contribution in [0.2, 0.25) is 0 Å². The third kappa shape index (κ3) is 5.77. The summed E-state index contributed by atoms with van der Waals surface area (Å²) in [7, 11) is 2.20. The van der Waals surface area contributed by atoms with Gasteiger partial charge in [-0.15, -0.1) is 0 Å². The number of likely N-dealkylation sites (N-methyl/N-ethyl adjacent to an activating group) is 1. The number of benzene rings is 2. The molecule has 178 valence electrons. The highest BCUT2D eigenvalue weighted by Crippen LogP contribution is 2.34. The van der Waals surface area contributed by atoms with Crippen LogP contribution >= 0.6 is 0 Å². The highest BCUT2D eigenvalue weighted by molar-refractivity contribution is 5.95. The van der Waals surface area contributed by atoms with E-state index in [0.29, 0.717) is 6.61 Å². The van der Waals surface area contributed by atoms with Crippen LogP contribution in [0.3, 0.4) is 0 Å². The van der Waals surface area contributed by atoms with Crippen molar-refractivity contribution in [3.05, 3.63) is 64.7 Å². The van der Waals surface area contributed by atoms with Crippen molar-refractivity contribution in [2.75, 3.05) is 39.8 Å². The Labute approximate surface area is 199 Å². The molecule has 1 saturated heterocycles. The second-order valence-electron chi connectivity index (χ2n) is 9.97. The fourth-order valence-corrected chi connectivity index (χ4v) is 5.48. The smallest absolute Gasteiger partial charge is 0.251 e. The Morgan fingerprint density at radius 3 is 2.24 bits per heavy atom. The van der Waals surface area contributed by atoms with E-state index < -0.39 is 0 Å². The van der Waals surface area contributed by atoms with E-state index >= 15 is 0 Å². The van der Waals surface area contributed by atoms with Crippen molar-refractivity contribution in [2.45, 2.75) is 58.1 Å². The molecule has 1 aliphatic heterocycles. The maximum Gasteiger partial charge on any atom is 0.251 e. The molecular weight excluding hydrogens is 410 g/mol. The molecule has 1 saturated carbocycles. The van der Waals surface area contributed by atoms with Crippen LogP contribution in [0.15, 0.2) is 42.5 Å². The van der Waals surface area contributed by atoms with Crippen LogP contribution in [0, 0.1) is 13.8 Å². The average Bonchev–Trinajstić information content (AvgIpc) is 2.83. The van der Waals surface area contributed by atoms with E-state index in [4.69, 9.17) is 4.74 Å². The number of piperazine rings is 1. The van der Waals surface area contributed by atoms with Crippen molar-refractivity contribution >= 4 is 5.91 Å².